The Labute approximate surface area is 175 Å². The third-order valence-electron chi connectivity index (χ3n) is 4.55. The summed E-state index contributed by atoms with van der Waals surface area (Å²) in [5, 5.41) is 0.590. The van der Waals surface area contributed by atoms with Crippen LogP contribution in [0.2, 0.25) is 5.02 Å². The van der Waals surface area contributed by atoms with Crippen molar-refractivity contribution in [2.24, 2.45) is 0 Å². The largest absolute Gasteiger partial charge is 0.488 e. The van der Waals surface area contributed by atoms with Gasteiger partial charge in [0.05, 0.1) is 12.2 Å². The normalized spacial score (nSPS) is 18.9. The van der Waals surface area contributed by atoms with Gasteiger partial charge in [0.1, 0.15) is 17.9 Å². The van der Waals surface area contributed by atoms with Crippen LogP contribution in [0.5, 0.6) is 5.75 Å². The fourth-order valence-electron chi connectivity index (χ4n) is 3.21. The van der Waals surface area contributed by atoms with Crippen LogP contribution in [0.25, 0.3) is 0 Å². The summed E-state index contributed by atoms with van der Waals surface area (Å²) < 4.78 is 16.7. The number of morpholine rings is 1. The number of carbonyl (C=O) groups excluding carboxylic acids is 2. The van der Waals surface area contributed by atoms with E-state index in [4.69, 9.17) is 25.8 Å². The Balaban J connectivity index is 1.59. The van der Waals surface area contributed by atoms with Crippen LogP contribution in [0.3, 0.4) is 0 Å². The van der Waals surface area contributed by atoms with E-state index in [2.05, 4.69) is 0 Å². The van der Waals surface area contributed by atoms with Crippen LogP contribution >= 0.6 is 11.6 Å². The Morgan fingerprint density at radius 1 is 1.07 bits per heavy atom. The molecular weight excluding hydrogens is 394 g/mol. The van der Waals surface area contributed by atoms with Gasteiger partial charge in [0.2, 0.25) is 0 Å². The minimum Gasteiger partial charge on any atom is -0.488 e. The molecule has 0 aromatic heterocycles. The second-order valence-electron chi connectivity index (χ2n) is 7.01. The molecule has 154 valence electrons. The zero-order chi connectivity index (χ0) is 20.8. The SMILES string of the molecule is CC1CN(C(=O)COC(=O)c2ccccc2OCc2ccccc2Cl)CC(C)O1. The maximum absolute atomic E-state index is 12.5. The number of rotatable bonds is 6. The molecule has 1 amide bonds. The summed E-state index contributed by atoms with van der Waals surface area (Å²) in [6, 6.07) is 14.1. The third kappa shape index (κ3) is 5.71. The summed E-state index contributed by atoms with van der Waals surface area (Å²) in [4.78, 5) is 26.6. The molecule has 2 unspecified atom stereocenters. The van der Waals surface area contributed by atoms with Crippen LogP contribution in [0.1, 0.15) is 29.8 Å². The first kappa shape index (κ1) is 21.1. The number of amides is 1. The lowest BCUT2D eigenvalue weighted by atomic mass is 10.2. The molecule has 29 heavy (non-hydrogen) atoms. The molecule has 7 heteroatoms. The van der Waals surface area contributed by atoms with Gasteiger partial charge in [0, 0.05) is 23.7 Å². The van der Waals surface area contributed by atoms with Crippen LogP contribution in [0.4, 0.5) is 0 Å². The van der Waals surface area contributed by atoms with Crippen molar-refractivity contribution in [3.63, 3.8) is 0 Å². The van der Waals surface area contributed by atoms with Gasteiger partial charge in [0.15, 0.2) is 6.61 Å². The van der Waals surface area contributed by atoms with E-state index in [1.807, 2.05) is 32.0 Å². The molecule has 1 fully saturated rings. The highest BCUT2D eigenvalue weighted by atomic mass is 35.5. The fraction of sp³-hybridized carbons (Fsp3) is 0.364. The summed E-state index contributed by atoms with van der Waals surface area (Å²) in [6.45, 7) is 4.68. The molecule has 0 N–H and O–H groups in total. The topological polar surface area (TPSA) is 65.1 Å². The molecule has 1 aliphatic rings. The van der Waals surface area contributed by atoms with Gasteiger partial charge in [-0.25, -0.2) is 4.79 Å². The van der Waals surface area contributed by atoms with Crippen LogP contribution in [0.15, 0.2) is 48.5 Å². The van der Waals surface area contributed by atoms with Crippen LogP contribution in [-0.4, -0.2) is 48.7 Å². The van der Waals surface area contributed by atoms with Crippen molar-refractivity contribution in [3.8, 4) is 5.75 Å². The average Bonchev–Trinajstić information content (AvgIpc) is 2.70. The number of carbonyl (C=O) groups is 2. The van der Waals surface area contributed by atoms with E-state index in [-0.39, 0.29) is 36.9 Å². The van der Waals surface area contributed by atoms with Gasteiger partial charge in [-0.3, -0.25) is 4.79 Å². The van der Waals surface area contributed by atoms with E-state index in [1.54, 1.807) is 35.2 Å². The number of hydrogen-bond donors (Lipinski definition) is 0. The minimum atomic E-state index is -0.609. The van der Waals surface area contributed by atoms with Gasteiger partial charge in [-0.2, -0.15) is 0 Å². The summed E-state index contributed by atoms with van der Waals surface area (Å²) in [7, 11) is 0. The quantitative estimate of drug-likeness (QED) is 0.670. The number of hydrogen-bond acceptors (Lipinski definition) is 5. The molecule has 0 spiro atoms. The van der Waals surface area contributed by atoms with Crippen molar-refractivity contribution in [2.45, 2.75) is 32.7 Å². The predicted octanol–water partition coefficient (Wildman–Crippen LogP) is 3.71. The lowest BCUT2D eigenvalue weighted by molar-refractivity contribution is -0.146. The van der Waals surface area contributed by atoms with Gasteiger partial charge in [-0.1, -0.05) is 41.9 Å². The smallest absolute Gasteiger partial charge is 0.342 e. The molecule has 0 aliphatic carbocycles. The van der Waals surface area contributed by atoms with E-state index in [1.165, 1.54) is 0 Å². The molecule has 2 atom stereocenters. The third-order valence-corrected chi connectivity index (χ3v) is 4.92. The van der Waals surface area contributed by atoms with Gasteiger partial charge in [0.25, 0.3) is 5.91 Å². The lowest BCUT2D eigenvalue weighted by Gasteiger charge is -2.35. The highest BCUT2D eigenvalue weighted by Crippen LogP contribution is 2.23. The monoisotopic (exact) mass is 417 g/mol. The highest BCUT2D eigenvalue weighted by Gasteiger charge is 2.26. The molecule has 2 aromatic rings. The number of para-hydroxylation sites is 1. The lowest BCUT2D eigenvalue weighted by Crippen LogP contribution is -2.49. The van der Waals surface area contributed by atoms with E-state index >= 15 is 0 Å². The first-order valence-corrected chi connectivity index (χ1v) is 9.87. The Morgan fingerprint density at radius 3 is 2.45 bits per heavy atom. The first-order chi connectivity index (χ1) is 13.9. The average molecular weight is 418 g/mol. The van der Waals surface area contributed by atoms with Crippen molar-refractivity contribution in [3.05, 3.63) is 64.7 Å². The number of nitrogens with zero attached hydrogens (tertiary/aromatic N) is 1. The van der Waals surface area contributed by atoms with Gasteiger partial charge in [-0.15, -0.1) is 0 Å². The standard InChI is InChI=1S/C22H24ClNO5/c1-15-11-24(12-16(2)29-15)21(25)14-28-22(26)18-8-4-6-10-20(18)27-13-17-7-3-5-9-19(17)23/h3-10,15-16H,11-14H2,1-2H3. The summed E-state index contributed by atoms with van der Waals surface area (Å²) in [6.07, 6.45) is -0.0883. The Kier molecular flexibility index (Phi) is 7.12. The van der Waals surface area contributed by atoms with Crippen molar-refractivity contribution < 1.29 is 23.8 Å². The summed E-state index contributed by atoms with van der Waals surface area (Å²) >= 11 is 6.15. The predicted molar refractivity (Wildman–Crippen MR) is 109 cm³/mol. The molecule has 2 aromatic carbocycles. The number of ether oxygens (including phenoxy) is 3. The van der Waals surface area contributed by atoms with Gasteiger partial charge in [-0.05, 0) is 32.0 Å². The molecule has 6 nitrogen and oxygen atoms in total. The van der Waals surface area contributed by atoms with Crippen molar-refractivity contribution >= 4 is 23.5 Å². The van der Waals surface area contributed by atoms with Crippen LogP contribution < -0.4 is 4.74 Å². The van der Waals surface area contributed by atoms with E-state index in [0.29, 0.717) is 23.9 Å². The zero-order valence-electron chi connectivity index (χ0n) is 16.5. The molecule has 3 rings (SSSR count). The zero-order valence-corrected chi connectivity index (χ0v) is 17.2. The first-order valence-electron chi connectivity index (χ1n) is 9.49. The molecular formula is C22H24ClNO5. The van der Waals surface area contributed by atoms with E-state index in [0.717, 1.165) is 5.56 Å². The fourth-order valence-corrected chi connectivity index (χ4v) is 3.40. The van der Waals surface area contributed by atoms with Crippen molar-refractivity contribution in [1.29, 1.82) is 0 Å². The van der Waals surface area contributed by atoms with Crippen LogP contribution in [-0.2, 0) is 20.9 Å². The second-order valence-corrected chi connectivity index (χ2v) is 7.42. The number of benzene rings is 2. The Morgan fingerprint density at radius 2 is 1.72 bits per heavy atom. The number of esters is 1. The van der Waals surface area contributed by atoms with Gasteiger partial charge < -0.3 is 19.1 Å². The summed E-state index contributed by atoms with van der Waals surface area (Å²) in [5.41, 5.74) is 1.07. The van der Waals surface area contributed by atoms with Crippen molar-refractivity contribution in [2.75, 3.05) is 19.7 Å². The van der Waals surface area contributed by atoms with E-state index < -0.39 is 5.97 Å². The van der Waals surface area contributed by atoms with Crippen molar-refractivity contribution in [1.82, 2.24) is 4.90 Å². The number of halogens is 1. The van der Waals surface area contributed by atoms with Gasteiger partial charge >= 0.3 is 5.97 Å². The second kappa shape index (κ2) is 9.76. The molecule has 1 aliphatic heterocycles. The Hall–Kier alpha value is -2.57. The molecule has 1 saturated heterocycles. The maximum atomic E-state index is 12.5. The Bertz CT molecular complexity index is 862. The minimum absolute atomic E-state index is 0.0441. The molecule has 1 heterocycles. The van der Waals surface area contributed by atoms with E-state index in [9.17, 15) is 9.59 Å². The molecule has 0 radical (unpaired) electrons. The van der Waals surface area contributed by atoms with Crippen LogP contribution in [0, 0.1) is 0 Å². The molecule has 0 bridgehead atoms. The highest BCUT2D eigenvalue weighted by molar-refractivity contribution is 6.31. The molecule has 0 saturated carbocycles. The maximum Gasteiger partial charge on any atom is 0.342 e. The summed E-state index contributed by atoms with van der Waals surface area (Å²) in [5.74, 6) is -0.476.